The van der Waals surface area contributed by atoms with Gasteiger partial charge in [-0.25, -0.2) is 0 Å². The van der Waals surface area contributed by atoms with E-state index in [0.717, 1.165) is 24.7 Å². The Morgan fingerprint density at radius 2 is 1.77 bits per heavy atom. The minimum absolute atomic E-state index is 0.256. The molecule has 138 valence electrons. The first-order chi connectivity index (χ1) is 12.5. The van der Waals surface area contributed by atoms with Crippen molar-refractivity contribution in [3.8, 4) is 0 Å². The van der Waals surface area contributed by atoms with Gasteiger partial charge in [-0.3, -0.25) is 4.79 Å². The first kappa shape index (κ1) is 18.2. The first-order valence-corrected chi connectivity index (χ1v) is 9.28. The van der Waals surface area contributed by atoms with Crippen molar-refractivity contribution in [2.45, 2.75) is 39.7 Å². The Bertz CT molecular complexity index is 719. The predicted octanol–water partition coefficient (Wildman–Crippen LogP) is 3.79. The molecule has 1 aromatic heterocycles. The number of nitrogens with one attached hydrogen (secondary N) is 2. The maximum atomic E-state index is 12.3. The van der Waals surface area contributed by atoms with Crippen LogP contribution in [0.25, 0.3) is 0 Å². The molecule has 6 heteroatoms. The summed E-state index contributed by atoms with van der Waals surface area (Å²) in [6.45, 7) is 8.55. The first-order valence-electron chi connectivity index (χ1n) is 9.28. The van der Waals surface area contributed by atoms with Gasteiger partial charge in [0, 0.05) is 30.5 Å². The lowest BCUT2D eigenvalue weighted by Gasteiger charge is -2.32. The Morgan fingerprint density at radius 1 is 1.08 bits per heavy atom. The van der Waals surface area contributed by atoms with E-state index in [1.165, 1.54) is 18.5 Å². The maximum Gasteiger partial charge on any atom is 0.276 e. The van der Waals surface area contributed by atoms with Gasteiger partial charge >= 0.3 is 0 Å². The zero-order chi connectivity index (χ0) is 18.5. The van der Waals surface area contributed by atoms with E-state index in [-0.39, 0.29) is 11.9 Å². The van der Waals surface area contributed by atoms with Crippen LogP contribution in [-0.2, 0) is 0 Å². The average molecular weight is 353 g/mol. The number of hydrogen-bond acceptors (Lipinski definition) is 5. The summed E-state index contributed by atoms with van der Waals surface area (Å²) in [6.07, 6.45) is 2.47. The molecule has 6 nitrogen and oxygen atoms in total. The molecule has 0 radical (unpaired) electrons. The molecule has 1 aliphatic rings. The summed E-state index contributed by atoms with van der Waals surface area (Å²) in [5.74, 6) is 1.22. The van der Waals surface area contributed by atoms with Gasteiger partial charge < -0.3 is 15.5 Å². The molecule has 2 heterocycles. The van der Waals surface area contributed by atoms with Crippen LogP contribution >= 0.6 is 0 Å². The van der Waals surface area contributed by atoms with Gasteiger partial charge in [0.25, 0.3) is 5.91 Å². The number of aromatic nitrogens is 2. The Hall–Kier alpha value is -2.63. The van der Waals surface area contributed by atoms with Crippen LogP contribution in [0.3, 0.4) is 0 Å². The van der Waals surface area contributed by atoms with Crippen molar-refractivity contribution >= 4 is 23.1 Å². The number of piperidine rings is 1. The highest BCUT2D eigenvalue weighted by atomic mass is 16.1. The van der Waals surface area contributed by atoms with Gasteiger partial charge in [0.1, 0.15) is 5.82 Å². The largest absolute Gasteiger partial charge is 0.372 e. The molecule has 1 aliphatic heterocycles. The number of carbonyl (C=O) groups is 1. The summed E-state index contributed by atoms with van der Waals surface area (Å²) in [7, 11) is 0. The van der Waals surface area contributed by atoms with E-state index in [2.05, 4.69) is 44.8 Å². The molecule has 0 spiro atoms. The number of rotatable bonds is 5. The van der Waals surface area contributed by atoms with Crippen molar-refractivity contribution in [2.75, 3.05) is 28.6 Å². The number of anilines is 3. The molecule has 1 aromatic carbocycles. The van der Waals surface area contributed by atoms with Gasteiger partial charge in [-0.15, -0.1) is 10.2 Å². The number of amides is 1. The monoisotopic (exact) mass is 353 g/mol. The van der Waals surface area contributed by atoms with E-state index in [4.69, 9.17) is 0 Å². The SMILES string of the molecule is CC1CCN(c2ccc(NC(=O)c3ccc(NC(C)C)nn3)cc2)CC1. The van der Waals surface area contributed by atoms with E-state index < -0.39 is 0 Å². The van der Waals surface area contributed by atoms with E-state index in [1.54, 1.807) is 12.1 Å². The van der Waals surface area contributed by atoms with E-state index in [0.29, 0.717) is 11.5 Å². The van der Waals surface area contributed by atoms with E-state index >= 15 is 0 Å². The second-order valence-corrected chi connectivity index (χ2v) is 7.27. The van der Waals surface area contributed by atoms with Crippen LogP contribution in [0.4, 0.5) is 17.2 Å². The third-order valence-electron chi connectivity index (χ3n) is 4.61. The molecule has 3 rings (SSSR count). The fraction of sp³-hybridized carbons (Fsp3) is 0.450. The minimum Gasteiger partial charge on any atom is -0.372 e. The summed E-state index contributed by atoms with van der Waals surface area (Å²) >= 11 is 0. The minimum atomic E-state index is -0.256. The Kier molecular flexibility index (Phi) is 5.71. The molecule has 0 unspecified atom stereocenters. The normalized spacial score (nSPS) is 15.2. The molecule has 26 heavy (non-hydrogen) atoms. The summed E-state index contributed by atoms with van der Waals surface area (Å²) < 4.78 is 0. The van der Waals surface area contributed by atoms with Gasteiger partial charge in [-0.1, -0.05) is 6.92 Å². The molecule has 1 fully saturated rings. The average Bonchev–Trinajstić information content (AvgIpc) is 2.63. The quantitative estimate of drug-likeness (QED) is 0.856. The molecule has 0 aliphatic carbocycles. The lowest BCUT2D eigenvalue weighted by molar-refractivity contribution is 0.102. The number of benzene rings is 1. The molecule has 0 atom stereocenters. The standard InChI is InChI=1S/C20H27N5O/c1-14(2)21-19-9-8-18(23-24-19)20(26)22-16-4-6-17(7-5-16)25-12-10-15(3)11-13-25/h4-9,14-15H,10-13H2,1-3H3,(H,21,24)(H,22,26). The van der Waals surface area contributed by atoms with Crippen LogP contribution in [-0.4, -0.2) is 35.2 Å². The third kappa shape index (κ3) is 4.71. The van der Waals surface area contributed by atoms with Crippen molar-refractivity contribution in [3.05, 3.63) is 42.1 Å². The third-order valence-corrected chi connectivity index (χ3v) is 4.61. The zero-order valence-electron chi connectivity index (χ0n) is 15.7. The van der Waals surface area contributed by atoms with Gasteiger partial charge in [0.05, 0.1) is 0 Å². The Labute approximate surface area is 155 Å². The summed E-state index contributed by atoms with van der Waals surface area (Å²) in [5.41, 5.74) is 2.27. The molecule has 2 N–H and O–H groups in total. The molecule has 2 aromatic rings. The summed E-state index contributed by atoms with van der Waals surface area (Å²) in [5, 5.41) is 14.1. The topological polar surface area (TPSA) is 70.2 Å². The van der Waals surface area contributed by atoms with Crippen LogP contribution in [0.15, 0.2) is 36.4 Å². The van der Waals surface area contributed by atoms with Crippen LogP contribution < -0.4 is 15.5 Å². The van der Waals surface area contributed by atoms with Crippen LogP contribution in [0, 0.1) is 5.92 Å². The lowest BCUT2D eigenvalue weighted by Crippen LogP contribution is -2.32. The molecule has 1 amide bonds. The van der Waals surface area contributed by atoms with Crippen LogP contribution in [0.2, 0.25) is 0 Å². The molecular formula is C20H27N5O. The van der Waals surface area contributed by atoms with Gasteiger partial charge in [0.15, 0.2) is 5.69 Å². The van der Waals surface area contributed by atoms with E-state index in [1.807, 2.05) is 26.0 Å². The van der Waals surface area contributed by atoms with Gasteiger partial charge in [-0.2, -0.15) is 0 Å². The molecule has 0 saturated carbocycles. The number of hydrogen-bond donors (Lipinski definition) is 2. The van der Waals surface area contributed by atoms with Crippen molar-refractivity contribution < 1.29 is 4.79 Å². The molecule has 1 saturated heterocycles. The van der Waals surface area contributed by atoms with Crippen molar-refractivity contribution in [2.24, 2.45) is 5.92 Å². The lowest BCUT2D eigenvalue weighted by atomic mass is 9.99. The van der Waals surface area contributed by atoms with Crippen LogP contribution in [0.5, 0.6) is 0 Å². The summed E-state index contributed by atoms with van der Waals surface area (Å²) in [4.78, 5) is 14.7. The highest BCUT2D eigenvalue weighted by molar-refractivity contribution is 6.02. The zero-order valence-corrected chi connectivity index (χ0v) is 15.7. The van der Waals surface area contributed by atoms with Crippen molar-refractivity contribution in [1.29, 1.82) is 0 Å². The van der Waals surface area contributed by atoms with Crippen LogP contribution in [0.1, 0.15) is 44.1 Å². The highest BCUT2D eigenvalue weighted by Gasteiger charge is 2.16. The number of nitrogens with zero attached hydrogens (tertiary/aromatic N) is 3. The number of carbonyl (C=O) groups excluding carboxylic acids is 1. The Balaban J connectivity index is 1.59. The second-order valence-electron chi connectivity index (χ2n) is 7.27. The van der Waals surface area contributed by atoms with Gasteiger partial charge in [-0.05, 0) is 69.0 Å². The van der Waals surface area contributed by atoms with Crippen molar-refractivity contribution in [3.63, 3.8) is 0 Å². The maximum absolute atomic E-state index is 12.3. The van der Waals surface area contributed by atoms with Gasteiger partial charge in [0.2, 0.25) is 0 Å². The Morgan fingerprint density at radius 3 is 2.35 bits per heavy atom. The molecule has 0 bridgehead atoms. The smallest absolute Gasteiger partial charge is 0.276 e. The fourth-order valence-electron chi connectivity index (χ4n) is 3.04. The van der Waals surface area contributed by atoms with E-state index in [9.17, 15) is 4.79 Å². The van der Waals surface area contributed by atoms with Crippen molar-refractivity contribution in [1.82, 2.24) is 10.2 Å². The summed E-state index contributed by atoms with van der Waals surface area (Å²) in [6, 6.07) is 11.7. The highest BCUT2D eigenvalue weighted by Crippen LogP contribution is 2.24. The molecular weight excluding hydrogens is 326 g/mol. The second kappa shape index (κ2) is 8.17. The predicted molar refractivity (Wildman–Crippen MR) is 106 cm³/mol. The fourth-order valence-corrected chi connectivity index (χ4v) is 3.04.